The number of hydrogen-bond acceptors (Lipinski definition) is 3. The second-order valence-corrected chi connectivity index (χ2v) is 3.74. The number of ether oxygens (including phenoxy) is 1. The summed E-state index contributed by atoms with van der Waals surface area (Å²) in [7, 11) is 1.23. The minimum Gasteiger partial charge on any atom is -0.467 e. The average Bonchev–Trinajstić information content (AvgIpc) is 2.26. The normalized spacial score (nSPS) is 11.8. The number of methoxy groups -OCH3 is 1. The predicted molar refractivity (Wildman–Crippen MR) is 60.1 cm³/mol. The summed E-state index contributed by atoms with van der Waals surface area (Å²) in [4.78, 5) is 22.8. The van der Waals surface area contributed by atoms with Gasteiger partial charge in [-0.05, 0) is 37.6 Å². The maximum atomic E-state index is 13.1. The van der Waals surface area contributed by atoms with Gasteiger partial charge in [0.15, 0.2) is 0 Å². The number of hydrogen-bond donors (Lipinski definition) is 1. The predicted octanol–water partition coefficient (Wildman–Crippen LogP) is 1.43. The van der Waals surface area contributed by atoms with Crippen molar-refractivity contribution in [2.45, 2.75) is 19.9 Å². The Labute approximate surface area is 98.8 Å². The van der Waals surface area contributed by atoms with Crippen LogP contribution >= 0.6 is 0 Å². The van der Waals surface area contributed by atoms with Gasteiger partial charge in [-0.1, -0.05) is 0 Å². The molecule has 1 N–H and O–H groups in total. The standard InChI is InChI=1S/C12H14FNO3/c1-7-4-9(6-10(13)5-7)11(15)14-8(2)12(16)17-3/h4-6,8H,1-3H3,(H,14,15). The first-order valence-corrected chi connectivity index (χ1v) is 5.10. The van der Waals surface area contributed by atoms with Gasteiger partial charge in [0.25, 0.3) is 5.91 Å². The Hall–Kier alpha value is -1.91. The molecule has 0 radical (unpaired) electrons. The first-order valence-electron chi connectivity index (χ1n) is 5.10. The van der Waals surface area contributed by atoms with Crippen molar-refractivity contribution >= 4 is 11.9 Å². The van der Waals surface area contributed by atoms with Gasteiger partial charge < -0.3 is 10.1 Å². The van der Waals surface area contributed by atoms with Gasteiger partial charge in [0.05, 0.1) is 7.11 Å². The molecule has 0 bridgehead atoms. The van der Waals surface area contributed by atoms with Crippen LogP contribution in [-0.2, 0) is 9.53 Å². The van der Waals surface area contributed by atoms with E-state index in [9.17, 15) is 14.0 Å². The molecule has 0 aromatic heterocycles. The number of nitrogens with one attached hydrogen (secondary N) is 1. The van der Waals surface area contributed by atoms with Crippen molar-refractivity contribution in [3.63, 3.8) is 0 Å². The summed E-state index contributed by atoms with van der Waals surface area (Å²) in [5, 5.41) is 2.42. The Morgan fingerprint density at radius 2 is 2.00 bits per heavy atom. The lowest BCUT2D eigenvalue weighted by Gasteiger charge is -2.11. The molecule has 5 heteroatoms. The highest BCUT2D eigenvalue weighted by Crippen LogP contribution is 2.08. The fraction of sp³-hybridized carbons (Fsp3) is 0.333. The second kappa shape index (κ2) is 5.43. The molecule has 1 rings (SSSR count). The Balaban J connectivity index is 2.79. The van der Waals surface area contributed by atoms with Gasteiger partial charge in [0, 0.05) is 5.56 Å². The smallest absolute Gasteiger partial charge is 0.328 e. The molecule has 0 aliphatic heterocycles. The maximum Gasteiger partial charge on any atom is 0.328 e. The number of carbonyl (C=O) groups is 2. The zero-order valence-corrected chi connectivity index (χ0v) is 9.91. The lowest BCUT2D eigenvalue weighted by molar-refractivity contribution is -0.142. The zero-order chi connectivity index (χ0) is 13.0. The molecule has 0 saturated carbocycles. The molecule has 0 heterocycles. The summed E-state index contributed by atoms with van der Waals surface area (Å²) in [5.74, 6) is -1.54. The fourth-order valence-electron chi connectivity index (χ4n) is 1.38. The van der Waals surface area contributed by atoms with Crippen molar-refractivity contribution in [2.75, 3.05) is 7.11 Å². The minimum atomic E-state index is -0.768. The first kappa shape index (κ1) is 13.2. The quantitative estimate of drug-likeness (QED) is 0.812. The van der Waals surface area contributed by atoms with Crippen LogP contribution in [-0.4, -0.2) is 25.0 Å². The topological polar surface area (TPSA) is 55.4 Å². The number of amides is 1. The van der Waals surface area contributed by atoms with Crippen LogP contribution in [0.1, 0.15) is 22.8 Å². The van der Waals surface area contributed by atoms with Gasteiger partial charge in [0.2, 0.25) is 0 Å². The molecule has 0 aliphatic rings. The summed E-state index contributed by atoms with van der Waals surface area (Å²) in [6.45, 7) is 3.18. The van der Waals surface area contributed by atoms with Gasteiger partial charge in [-0.25, -0.2) is 9.18 Å². The van der Waals surface area contributed by atoms with Crippen molar-refractivity contribution in [2.24, 2.45) is 0 Å². The van der Waals surface area contributed by atoms with Crippen molar-refractivity contribution < 1.29 is 18.7 Å². The Bertz CT molecular complexity index is 425. The molecule has 92 valence electrons. The maximum absolute atomic E-state index is 13.1. The lowest BCUT2D eigenvalue weighted by Crippen LogP contribution is -2.39. The monoisotopic (exact) mass is 239 g/mol. The molecule has 0 saturated heterocycles. The van der Waals surface area contributed by atoms with Gasteiger partial charge in [0.1, 0.15) is 11.9 Å². The van der Waals surface area contributed by atoms with Crippen LogP contribution in [0.25, 0.3) is 0 Å². The summed E-state index contributed by atoms with van der Waals surface area (Å²) in [6, 6.07) is 3.21. The summed E-state index contributed by atoms with van der Waals surface area (Å²) in [5.41, 5.74) is 0.819. The summed E-state index contributed by atoms with van der Waals surface area (Å²) < 4.78 is 17.5. The molecule has 1 aromatic rings. The number of benzene rings is 1. The van der Waals surface area contributed by atoms with E-state index in [2.05, 4.69) is 10.1 Å². The van der Waals surface area contributed by atoms with E-state index in [0.717, 1.165) is 6.07 Å². The number of carbonyl (C=O) groups excluding carboxylic acids is 2. The van der Waals surface area contributed by atoms with Crippen LogP contribution in [0.4, 0.5) is 4.39 Å². The third-order valence-corrected chi connectivity index (χ3v) is 2.21. The van der Waals surface area contributed by atoms with Crippen molar-refractivity contribution in [3.05, 3.63) is 35.1 Å². The third-order valence-electron chi connectivity index (χ3n) is 2.21. The first-order chi connectivity index (χ1) is 7.93. The largest absolute Gasteiger partial charge is 0.467 e. The Morgan fingerprint density at radius 1 is 1.35 bits per heavy atom. The highest BCUT2D eigenvalue weighted by Gasteiger charge is 2.17. The van der Waals surface area contributed by atoms with Crippen LogP contribution in [0, 0.1) is 12.7 Å². The van der Waals surface area contributed by atoms with E-state index in [1.807, 2.05) is 0 Å². The van der Waals surface area contributed by atoms with Crippen LogP contribution < -0.4 is 5.32 Å². The molecule has 0 fully saturated rings. The molecule has 4 nitrogen and oxygen atoms in total. The van der Waals surface area contributed by atoms with E-state index in [4.69, 9.17) is 0 Å². The third kappa shape index (κ3) is 3.55. The van der Waals surface area contributed by atoms with Gasteiger partial charge >= 0.3 is 5.97 Å². The van der Waals surface area contributed by atoms with E-state index >= 15 is 0 Å². The van der Waals surface area contributed by atoms with Gasteiger partial charge in [-0.3, -0.25) is 4.79 Å². The van der Waals surface area contributed by atoms with Gasteiger partial charge in [-0.2, -0.15) is 0 Å². The second-order valence-electron chi connectivity index (χ2n) is 3.74. The molecule has 17 heavy (non-hydrogen) atoms. The molecule has 1 atom stereocenters. The molecule has 0 aliphatic carbocycles. The number of esters is 1. The Morgan fingerprint density at radius 3 is 2.53 bits per heavy atom. The van der Waals surface area contributed by atoms with Crippen LogP contribution in [0.15, 0.2) is 18.2 Å². The highest BCUT2D eigenvalue weighted by molar-refractivity contribution is 5.96. The highest BCUT2D eigenvalue weighted by atomic mass is 19.1. The van der Waals surface area contributed by atoms with Crippen molar-refractivity contribution in [1.29, 1.82) is 0 Å². The Kier molecular flexibility index (Phi) is 4.20. The fourth-order valence-corrected chi connectivity index (χ4v) is 1.38. The van der Waals surface area contributed by atoms with E-state index in [1.165, 1.54) is 20.1 Å². The zero-order valence-electron chi connectivity index (χ0n) is 9.91. The molecule has 0 spiro atoms. The van der Waals surface area contributed by atoms with E-state index in [-0.39, 0.29) is 5.56 Å². The van der Waals surface area contributed by atoms with Crippen LogP contribution in [0.2, 0.25) is 0 Å². The number of halogens is 1. The molecule has 1 unspecified atom stereocenters. The van der Waals surface area contributed by atoms with E-state index in [1.54, 1.807) is 13.0 Å². The van der Waals surface area contributed by atoms with E-state index in [0.29, 0.717) is 5.56 Å². The van der Waals surface area contributed by atoms with Gasteiger partial charge in [-0.15, -0.1) is 0 Å². The SMILES string of the molecule is COC(=O)C(C)NC(=O)c1cc(C)cc(F)c1. The number of rotatable bonds is 3. The van der Waals surface area contributed by atoms with Crippen LogP contribution in [0.5, 0.6) is 0 Å². The van der Waals surface area contributed by atoms with E-state index < -0.39 is 23.7 Å². The van der Waals surface area contributed by atoms with Crippen molar-refractivity contribution in [1.82, 2.24) is 5.32 Å². The average molecular weight is 239 g/mol. The number of aryl methyl sites for hydroxylation is 1. The summed E-state index contributed by atoms with van der Waals surface area (Å²) >= 11 is 0. The lowest BCUT2D eigenvalue weighted by atomic mass is 10.1. The molecular formula is C12H14FNO3. The van der Waals surface area contributed by atoms with Crippen LogP contribution in [0.3, 0.4) is 0 Å². The molecular weight excluding hydrogens is 225 g/mol. The van der Waals surface area contributed by atoms with Crippen molar-refractivity contribution in [3.8, 4) is 0 Å². The molecule has 1 amide bonds. The molecule has 1 aromatic carbocycles. The minimum absolute atomic E-state index is 0.179. The summed E-state index contributed by atoms with van der Waals surface area (Å²) in [6.07, 6.45) is 0.